The van der Waals surface area contributed by atoms with Gasteiger partial charge in [0, 0.05) is 68.1 Å². The fraction of sp³-hybridized carbons (Fsp3) is 0.739. The van der Waals surface area contributed by atoms with Crippen LogP contribution in [0.25, 0.3) is 11.3 Å². The lowest BCUT2D eigenvalue weighted by Crippen LogP contribution is -2.60. The molecule has 3 N–H and O–H groups in total. The Hall–Kier alpha value is -3.65. The number of Topliss-reactive ketones (excluding diaryl/α,β-unsaturated/α-hetero) is 2. The molecule has 19 nitrogen and oxygen atoms in total. The summed E-state index contributed by atoms with van der Waals surface area (Å²) in [5.74, 6) is -5.77. The summed E-state index contributed by atoms with van der Waals surface area (Å²) in [6.07, 6.45) is 4.20. The molecule has 0 aromatic carbocycles. The number of imidazole rings is 1. The van der Waals surface area contributed by atoms with Gasteiger partial charge in [-0.25, -0.2) is 9.78 Å². The highest BCUT2D eigenvalue weighted by Gasteiger charge is 2.60. The van der Waals surface area contributed by atoms with Crippen LogP contribution >= 0.6 is 7.60 Å². The first kappa shape index (κ1) is 53.3. The number of methoxy groups -OCH3 is 1. The van der Waals surface area contributed by atoms with Crippen LogP contribution in [0.15, 0.2) is 37.1 Å². The van der Waals surface area contributed by atoms with Gasteiger partial charge in [-0.15, -0.1) is 0 Å². The first-order valence-corrected chi connectivity index (χ1v) is 24.7. The lowest BCUT2D eigenvalue weighted by Gasteiger charge is -2.47. The average Bonchev–Trinajstić information content (AvgIpc) is 3.74. The van der Waals surface area contributed by atoms with Crippen LogP contribution in [0.4, 0.5) is 4.79 Å². The van der Waals surface area contributed by atoms with Crippen molar-refractivity contribution in [2.45, 2.75) is 167 Å². The highest BCUT2D eigenvalue weighted by Crippen LogP contribution is 2.52. The highest BCUT2D eigenvalue weighted by molar-refractivity contribution is 7.52. The number of aliphatic hydroxyl groups is 1. The number of ether oxygens (including phenoxy) is 6. The van der Waals surface area contributed by atoms with Crippen molar-refractivity contribution in [2.24, 2.45) is 23.7 Å². The van der Waals surface area contributed by atoms with Gasteiger partial charge in [-0.2, -0.15) is 0 Å². The Kier molecular flexibility index (Phi) is 17.6. The number of unbranched alkanes of at least 4 members (excludes halogenated alkanes) is 1. The number of pyridine rings is 1. The van der Waals surface area contributed by atoms with Crippen molar-refractivity contribution in [2.75, 3.05) is 27.7 Å². The fourth-order valence-electron chi connectivity index (χ4n) is 9.96. The van der Waals surface area contributed by atoms with Gasteiger partial charge in [0.2, 0.25) is 0 Å². The van der Waals surface area contributed by atoms with E-state index >= 15 is 0 Å². The monoisotopic (exact) mass is 949 g/mol. The molecule has 4 aliphatic rings. The Morgan fingerprint density at radius 3 is 2.21 bits per heavy atom. The SMILES string of the molecule is CC[C@H]1OC(=O)[C@H](C)C(=O)[C@H](C)[C@@H](O[C@@H]2O[C@H](C)C[C@H](N(C)C)[C@H]2O)[C@](C)(OC)C[C@@H](C)C(=O)[C@H](C)[C@H]2N(CCCCn3cnc(-c4cccnc4)c3)C(=O)O[C@]12C.C[C@@H]1O[C@@H]1P(=O)(O)O. The van der Waals surface area contributed by atoms with E-state index in [1.807, 2.05) is 62.7 Å². The van der Waals surface area contributed by atoms with Gasteiger partial charge in [0.05, 0.1) is 42.0 Å². The second kappa shape index (κ2) is 21.8. The summed E-state index contributed by atoms with van der Waals surface area (Å²) in [6, 6.07) is 2.74. The zero-order valence-electron chi connectivity index (χ0n) is 40.4. The Morgan fingerprint density at radius 2 is 1.65 bits per heavy atom. The molecule has 0 aliphatic carbocycles. The third kappa shape index (κ3) is 12.0. The van der Waals surface area contributed by atoms with Gasteiger partial charge in [0.1, 0.15) is 23.9 Å². The van der Waals surface area contributed by atoms with Crippen LogP contribution in [0, 0.1) is 23.7 Å². The molecule has 0 unspecified atom stereocenters. The van der Waals surface area contributed by atoms with Gasteiger partial charge in [-0.3, -0.25) is 23.9 Å². The van der Waals surface area contributed by atoms with Crippen LogP contribution < -0.4 is 0 Å². The van der Waals surface area contributed by atoms with Crippen molar-refractivity contribution >= 4 is 31.2 Å². The number of fused-ring (bicyclic) bond motifs is 1. The largest absolute Gasteiger partial charge is 0.458 e. The van der Waals surface area contributed by atoms with E-state index < -0.39 is 96.8 Å². The lowest BCUT2D eigenvalue weighted by atomic mass is 9.73. The standard InChI is InChI=1S/C43H65N5O10.C3H7O4P/c1-12-33-43(8)37(48(41(53)58-43)19-14-13-18-47-23-31(45-24-47)30-16-15-17-44-22-30)27(4)34(49)25(2)21-42(7,54-11)38(28(5)35(50)29(6)39(52)56-33)57-40-36(51)32(46(9)10)20-26(3)55-40;1-2-3(7-2)8(4,5)6/h15-17,22-29,32-33,36-38,40,51H,12-14,18-21H2,1-11H3;2-3H,1H3,(H2,4,5,6)/t25-,26-,27+,28+,29-,32+,33-,36-,37-,38-,40+,42-,43-;2-,3+/m10/s1. The Morgan fingerprint density at radius 1 is 0.985 bits per heavy atom. The number of rotatable bonds is 12. The summed E-state index contributed by atoms with van der Waals surface area (Å²) in [5, 5.41) is 11.4. The second-order valence-corrected chi connectivity index (χ2v) is 20.8. The summed E-state index contributed by atoms with van der Waals surface area (Å²) in [4.78, 5) is 85.7. The van der Waals surface area contributed by atoms with E-state index in [0.29, 0.717) is 32.4 Å². The number of ketones is 2. The number of aryl methyl sites for hydroxylation is 1. The van der Waals surface area contributed by atoms with E-state index in [1.54, 1.807) is 58.2 Å². The molecule has 1 amide bonds. The molecule has 2 aromatic rings. The summed E-state index contributed by atoms with van der Waals surface area (Å²) >= 11 is 0. The summed E-state index contributed by atoms with van der Waals surface area (Å²) < 4.78 is 47.9. The van der Waals surface area contributed by atoms with Gasteiger partial charge >= 0.3 is 19.7 Å². The van der Waals surface area contributed by atoms with Crippen molar-refractivity contribution in [3.05, 3.63) is 37.1 Å². The molecule has 20 heteroatoms. The number of epoxide rings is 1. The number of hydrogen-bond acceptors (Lipinski definition) is 15. The van der Waals surface area contributed by atoms with Crippen molar-refractivity contribution in [1.29, 1.82) is 0 Å². The number of nitrogens with zero attached hydrogens (tertiary/aromatic N) is 5. The van der Waals surface area contributed by atoms with Crippen molar-refractivity contribution in [3.8, 4) is 11.3 Å². The summed E-state index contributed by atoms with van der Waals surface area (Å²) in [5.41, 5.74) is -0.938. The normalized spacial score (nSPS) is 36.8. The molecule has 4 saturated heterocycles. The number of hydrogen-bond donors (Lipinski definition) is 3. The molecule has 4 fully saturated rings. The number of aliphatic hydroxyl groups excluding tert-OH is 1. The topological polar surface area (TPSA) is 242 Å². The average molecular weight is 950 g/mol. The summed E-state index contributed by atoms with van der Waals surface area (Å²) in [6.45, 7) is 16.6. The number of cyclic esters (lactones) is 1. The maximum Gasteiger partial charge on any atom is 0.410 e. The van der Waals surface area contributed by atoms with Gasteiger partial charge < -0.3 is 57.7 Å². The van der Waals surface area contributed by atoms with Crippen LogP contribution in [0.1, 0.15) is 94.4 Å². The molecule has 6 rings (SSSR count). The van der Waals surface area contributed by atoms with E-state index in [1.165, 1.54) is 14.0 Å². The van der Waals surface area contributed by atoms with Crippen LogP contribution in [0.5, 0.6) is 0 Å². The van der Waals surface area contributed by atoms with Gasteiger partial charge in [0.15, 0.2) is 23.5 Å². The molecule has 6 heterocycles. The van der Waals surface area contributed by atoms with Gasteiger partial charge in [-0.1, -0.05) is 27.7 Å². The van der Waals surface area contributed by atoms with Crippen LogP contribution in [0.2, 0.25) is 0 Å². The minimum atomic E-state index is -3.90. The van der Waals surface area contributed by atoms with Crippen LogP contribution in [0.3, 0.4) is 0 Å². The molecule has 15 atom stereocenters. The van der Waals surface area contributed by atoms with E-state index in [-0.39, 0.29) is 36.9 Å². The first-order valence-electron chi connectivity index (χ1n) is 23.0. The van der Waals surface area contributed by atoms with Crippen molar-refractivity contribution in [1.82, 2.24) is 24.3 Å². The number of carbonyl (C=O) groups is 4. The lowest BCUT2D eigenvalue weighted by molar-refractivity contribution is -0.295. The highest BCUT2D eigenvalue weighted by atomic mass is 31.2. The van der Waals surface area contributed by atoms with Crippen molar-refractivity contribution < 1.29 is 67.1 Å². The molecule has 4 aliphatic heterocycles. The number of amides is 1. The Bertz CT molecular complexity index is 2040. The van der Waals surface area contributed by atoms with Gasteiger partial charge in [0.25, 0.3) is 0 Å². The fourth-order valence-corrected chi connectivity index (χ4v) is 10.9. The molecule has 66 heavy (non-hydrogen) atoms. The minimum Gasteiger partial charge on any atom is -0.458 e. The van der Waals surface area contributed by atoms with E-state index in [0.717, 1.165) is 11.3 Å². The minimum absolute atomic E-state index is 0.130. The molecule has 0 bridgehead atoms. The number of aromatic nitrogens is 3. The second-order valence-electron chi connectivity index (χ2n) is 19.1. The molecule has 0 spiro atoms. The van der Waals surface area contributed by atoms with Crippen LogP contribution in [-0.4, -0.2) is 157 Å². The van der Waals surface area contributed by atoms with E-state index in [2.05, 4.69) is 14.7 Å². The zero-order valence-corrected chi connectivity index (χ0v) is 41.3. The quantitative estimate of drug-likeness (QED) is 0.0848. The smallest absolute Gasteiger partial charge is 0.410 e. The third-order valence-electron chi connectivity index (χ3n) is 13.8. The number of likely N-dealkylation sites (N-methyl/N-ethyl adjacent to an activating group) is 1. The predicted octanol–water partition coefficient (Wildman–Crippen LogP) is 4.84. The van der Waals surface area contributed by atoms with E-state index in [4.69, 9.17) is 33.5 Å². The molecular formula is C46H72N5O14P. The molecular weight excluding hydrogens is 878 g/mol. The number of carbonyl (C=O) groups excluding carboxylic acids is 4. The maximum atomic E-state index is 14.7. The van der Waals surface area contributed by atoms with Crippen LogP contribution in [-0.2, 0) is 53.9 Å². The van der Waals surface area contributed by atoms with E-state index in [9.17, 15) is 28.8 Å². The molecule has 0 saturated carbocycles. The molecule has 370 valence electrons. The first-order chi connectivity index (χ1) is 30.9. The Balaban J connectivity index is 0.000000920. The van der Waals surface area contributed by atoms with Crippen molar-refractivity contribution in [3.63, 3.8) is 0 Å². The maximum absolute atomic E-state index is 14.7. The molecule has 2 aromatic heterocycles. The Labute approximate surface area is 388 Å². The molecule has 0 radical (unpaired) electrons. The third-order valence-corrected chi connectivity index (χ3v) is 15.0. The predicted molar refractivity (Wildman–Crippen MR) is 241 cm³/mol. The zero-order chi connectivity index (χ0) is 49.1. The summed E-state index contributed by atoms with van der Waals surface area (Å²) in [7, 11) is 1.34. The number of esters is 1. The van der Waals surface area contributed by atoms with Gasteiger partial charge in [-0.05, 0) is 93.0 Å².